The quantitative estimate of drug-likeness (QED) is 0.545. The fourth-order valence-corrected chi connectivity index (χ4v) is 4.76. The van der Waals surface area contributed by atoms with Crippen molar-refractivity contribution in [2.75, 3.05) is 32.9 Å². The normalized spacial score (nSPS) is 19.8. The van der Waals surface area contributed by atoms with Crippen LogP contribution in [0.2, 0.25) is 0 Å². The van der Waals surface area contributed by atoms with Crippen LogP contribution in [0.5, 0.6) is 0 Å². The minimum atomic E-state index is 0.209. The first-order chi connectivity index (χ1) is 8.18. The molecule has 3 nitrogen and oxygen atoms in total. The largest absolute Gasteiger partial charge is 0.355 e. The molecule has 1 aliphatic heterocycles. The maximum absolute atomic E-state index is 11.5. The molecule has 0 radical (unpaired) electrons. The number of unbranched alkanes of at least 4 members (excludes halogenated alkanes) is 1. The molecule has 100 valence electrons. The van der Waals surface area contributed by atoms with Crippen LogP contribution < -0.4 is 5.32 Å². The molecule has 1 heterocycles. The predicted molar refractivity (Wildman–Crippen MR) is 78.5 cm³/mol. The van der Waals surface area contributed by atoms with Gasteiger partial charge >= 0.3 is 0 Å². The second-order valence-electron chi connectivity index (χ2n) is 4.73. The molecule has 1 amide bonds. The fourth-order valence-electron chi connectivity index (χ4n) is 1.73. The van der Waals surface area contributed by atoms with Crippen molar-refractivity contribution in [2.24, 2.45) is 0 Å². The van der Waals surface area contributed by atoms with Crippen molar-refractivity contribution < 1.29 is 4.79 Å². The maximum atomic E-state index is 11.5. The zero-order valence-electron chi connectivity index (χ0n) is 10.9. The summed E-state index contributed by atoms with van der Waals surface area (Å²) in [6.45, 7) is 1.68. The van der Waals surface area contributed by atoms with E-state index in [0.29, 0.717) is 6.42 Å². The van der Waals surface area contributed by atoms with Crippen LogP contribution in [0.15, 0.2) is 0 Å². The van der Waals surface area contributed by atoms with E-state index < -0.39 is 0 Å². The molecule has 1 saturated heterocycles. The van der Waals surface area contributed by atoms with Gasteiger partial charge in [-0.2, -0.15) is 0 Å². The molecule has 0 aliphatic carbocycles. The average Bonchev–Trinajstić information content (AvgIpc) is 2.76. The van der Waals surface area contributed by atoms with Crippen LogP contribution >= 0.6 is 21.6 Å². The van der Waals surface area contributed by atoms with Gasteiger partial charge in [0, 0.05) is 30.5 Å². The molecule has 1 aliphatic rings. The number of amides is 1. The first-order valence-corrected chi connectivity index (χ1v) is 8.76. The van der Waals surface area contributed by atoms with Crippen LogP contribution in [0, 0.1) is 0 Å². The Morgan fingerprint density at radius 2 is 2.24 bits per heavy atom. The molecular formula is C12H24N2OS2. The average molecular weight is 276 g/mol. The first-order valence-electron chi connectivity index (χ1n) is 6.38. The molecule has 0 aromatic heterocycles. The van der Waals surface area contributed by atoms with Gasteiger partial charge in [-0.05, 0) is 33.4 Å². The number of carbonyl (C=O) groups excluding carboxylic acids is 1. The van der Waals surface area contributed by atoms with Gasteiger partial charge in [-0.15, -0.1) is 0 Å². The van der Waals surface area contributed by atoms with Gasteiger partial charge in [0.15, 0.2) is 0 Å². The number of rotatable bonds is 8. The van der Waals surface area contributed by atoms with Crippen molar-refractivity contribution >= 4 is 27.5 Å². The van der Waals surface area contributed by atoms with E-state index in [1.807, 2.05) is 35.7 Å². The van der Waals surface area contributed by atoms with Gasteiger partial charge in [0.05, 0.1) is 0 Å². The summed E-state index contributed by atoms with van der Waals surface area (Å²) in [5, 5.41) is 3.80. The number of nitrogens with zero attached hydrogens (tertiary/aromatic N) is 1. The molecule has 1 unspecified atom stereocenters. The van der Waals surface area contributed by atoms with Gasteiger partial charge in [-0.25, -0.2) is 0 Å². The lowest BCUT2D eigenvalue weighted by molar-refractivity contribution is -0.121. The third kappa shape index (κ3) is 7.95. The third-order valence-electron chi connectivity index (χ3n) is 2.79. The number of likely N-dealkylation sites (N-methyl/N-ethyl adjacent to an activating group) is 1. The van der Waals surface area contributed by atoms with Gasteiger partial charge in [-0.3, -0.25) is 4.79 Å². The van der Waals surface area contributed by atoms with Gasteiger partial charge in [-0.1, -0.05) is 28.0 Å². The Morgan fingerprint density at radius 1 is 1.41 bits per heavy atom. The predicted octanol–water partition coefficient (Wildman–Crippen LogP) is 2.38. The topological polar surface area (TPSA) is 32.3 Å². The van der Waals surface area contributed by atoms with E-state index in [9.17, 15) is 4.79 Å². The highest BCUT2D eigenvalue weighted by molar-refractivity contribution is 8.77. The Labute approximate surface area is 113 Å². The molecule has 1 N–H and O–H groups in total. The number of nitrogens with one attached hydrogen (secondary N) is 1. The Balaban J connectivity index is 1.89. The lowest BCUT2D eigenvalue weighted by atomic mass is 10.1. The van der Waals surface area contributed by atoms with E-state index in [4.69, 9.17) is 0 Å². The van der Waals surface area contributed by atoms with E-state index in [2.05, 4.69) is 10.2 Å². The van der Waals surface area contributed by atoms with Crippen molar-refractivity contribution in [1.29, 1.82) is 0 Å². The highest BCUT2D eigenvalue weighted by atomic mass is 33.1. The summed E-state index contributed by atoms with van der Waals surface area (Å²) in [5.74, 6) is 1.51. The van der Waals surface area contributed by atoms with E-state index in [1.54, 1.807) is 0 Å². The lowest BCUT2D eigenvalue weighted by Gasteiger charge is -2.10. The summed E-state index contributed by atoms with van der Waals surface area (Å²) in [5.41, 5.74) is 0. The second kappa shape index (κ2) is 9.11. The van der Waals surface area contributed by atoms with Crippen molar-refractivity contribution in [3.05, 3.63) is 0 Å². The highest BCUT2D eigenvalue weighted by Gasteiger charge is 2.15. The zero-order chi connectivity index (χ0) is 12.5. The van der Waals surface area contributed by atoms with Crippen LogP contribution in [0.3, 0.4) is 0 Å². The zero-order valence-corrected chi connectivity index (χ0v) is 12.5. The summed E-state index contributed by atoms with van der Waals surface area (Å²) in [4.78, 5) is 13.6. The Hall–Kier alpha value is 0.130. The van der Waals surface area contributed by atoms with E-state index in [0.717, 1.165) is 24.8 Å². The summed E-state index contributed by atoms with van der Waals surface area (Å²) >= 11 is 0. The summed E-state index contributed by atoms with van der Waals surface area (Å²) < 4.78 is 0. The Kier molecular flexibility index (Phi) is 8.14. The molecular weight excluding hydrogens is 252 g/mol. The molecule has 0 saturated carbocycles. The van der Waals surface area contributed by atoms with Crippen LogP contribution in [0.25, 0.3) is 0 Å². The Morgan fingerprint density at radius 3 is 2.88 bits per heavy atom. The van der Waals surface area contributed by atoms with Crippen LogP contribution in [-0.2, 0) is 4.79 Å². The molecule has 0 spiro atoms. The number of hydrogen-bond acceptors (Lipinski definition) is 4. The number of hydrogen-bond donors (Lipinski definition) is 1. The molecule has 0 aromatic carbocycles. The summed E-state index contributed by atoms with van der Waals surface area (Å²) in [6.07, 6.45) is 5.56. The summed E-state index contributed by atoms with van der Waals surface area (Å²) in [6, 6.07) is 0. The third-order valence-corrected chi connectivity index (χ3v) is 5.80. The molecule has 0 bridgehead atoms. The van der Waals surface area contributed by atoms with Crippen LogP contribution in [0.1, 0.15) is 32.1 Å². The first kappa shape index (κ1) is 15.2. The van der Waals surface area contributed by atoms with Crippen molar-refractivity contribution in [2.45, 2.75) is 37.4 Å². The minimum Gasteiger partial charge on any atom is -0.355 e. The molecule has 1 fully saturated rings. The van der Waals surface area contributed by atoms with Gasteiger partial charge in [0.25, 0.3) is 0 Å². The van der Waals surface area contributed by atoms with Crippen molar-refractivity contribution in [1.82, 2.24) is 10.2 Å². The molecule has 1 rings (SSSR count). The monoisotopic (exact) mass is 276 g/mol. The maximum Gasteiger partial charge on any atom is 0.220 e. The van der Waals surface area contributed by atoms with E-state index in [-0.39, 0.29) is 5.91 Å². The standard InChI is InChI=1S/C12H24N2OS2/c1-14(2)9-8-13-12(15)6-4-3-5-11-7-10-16-17-11/h11H,3-10H2,1-2H3,(H,13,15). The lowest BCUT2D eigenvalue weighted by Crippen LogP contribution is -2.31. The van der Waals surface area contributed by atoms with Gasteiger partial charge in [0.2, 0.25) is 5.91 Å². The van der Waals surface area contributed by atoms with Crippen molar-refractivity contribution in [3.8, 4) is 0 Å². The summed E-state index contributed by atoms with van der Waals surface area (Å²) in [7, 11) is 8.06. The fraction of sp³-hybridized carbons (Fsp3) is 0.917. The van der Waals surface area contributed by atoms with Crippen LogP contribution in [0.4, 0.5) is 0 Å². The van der Waals surface area contributed by atoms with Crippen LogP contribution in [-0.4, -0.2) is 49.0 Å². The molecule has 5 heteroatoms. The van der Waals surface area contributed by atoms with Gasteiger partial charge in [0.1, 0.15) is 0 Å². The molecule has 17 heavy (non-hydrogen) atoms. The van der Waals surface area contributed by atoms with Gasteiger partial charge < -0.3 is 10.2 Å². The SMILES string of the molecule is CN(C)CCNC(=O)CCCCC1CCSS1. The smallest absolute Gasteiger partial charge is 0.220 e. The van der Waals surface area contributed by atoms with Crippen molar-refractivity contribution in [3.63, 3.8) is 0 Å². The van der Waals surface area contributed by atoms with E-state index >= 15 is 0 Å². The van der Waals surface area contributed by atoms with E-state index in [1.165, 1.54) is 25.0 Å². The molecule has 0 aromatic rings. The Bertz CT molecular complexity index is 219. The second-order valence-corrected chi connectivity index (χ2v) is 7.52. The highest BCUT2D eigenvalue weighted by Crippen LogP contribution is 2.39. The molecule has 1 atom stereocenters. The number of carbonyl (C=O) groups is 1. The minimum absolute atomic E-state index is 0.209.